The van der Waals surface area contributed by atoms with Crippen LogP contribution in [0.15, 0.2) is 43.0 Å². The highest BCUT2D eigenvalue weighted by molar-refractivity contribution is 5.13. The number of aliphatic hydroxyl groups excluding tert-OH is 2. The van der Waals surface area contributed by atoms with E-state index in [-0.39, 0.29) is 6.61 Å². The van der Waals surface area contributed by atoms with Crippen molar-refractivity contribution in [2.75, 3.05) is 6.61 Å². The molecule has 0 spiro atoms. The maximum Gasteiger partial charge on any atom is 0.103 e. The van der Waals surface area contributed by atoms with Gasteiger partial charge >= 0.3 is 0 Å². The van der Waals surface area contributed by atoms with Crippen molar-refractivity contribution in [3.05, 3.63) is 48.6 Å². The lowest BCUT2D eigenvalue weighted by Gasteiger charge is -2.16. The molecule has 0 fully saturated rings. The van der Waals surface area contributed by atoms with Crippen LogP contribution < -0.4 is 0 Å². The summed E-state index contributed by atoms with van der Waals surface area (Å²) in [5.74, 6) is 0. The zero-order chi connectivity index (χ0) is 11.8. The van der Waals surface area contributed by atoms with Gasteiger partial charge in [-0.3, -0.25) is 0 Å². The van der Waals surface area contributed by atoms with Crippen molar-refractivity contribution in [1.29, 1.82) is 0 Å². The first-order valence-electron chi connectivity index (χ1n) is 5.32. The summed E-state index contributed by atoms with van der Waals surface area (Å²) in [5, 5.41) is 18.9. The van der Waals surface area contributed by atoms with Crippen LogP contribution in [0.5, 0.6) is 0 Å². The van der Waals surface area contributed by atoms with Gasteiger partial charge in [0.05, 0.1) is 19.3 Å². The second kappa shape index (κ2) is 7.17. The Bertz CT molecular complexity index is 297. The zero-order valence-corrected chi connectivity index (χ0v) is 9.25. The number of hydrogen-bond donors (Lipinski definition) is 2. The number of ether oxygens (including phenoxy) is 1. The van der Waals surface area contributed by atoms with Gasteiger partial charge in [0, 0.05) is 0 Å². The normalized spacial score (nSPS) is 14.4. The van der Waals surface area contributed by atoms with E-state index in [4.69, 9.17) is 4.74 Å². The fraction of sp³-hybridized carbons (Fsp3) is 0.385. The predicted octanol–water partition coefficient (Wildman–Crippen LogP) is 1.50. The van der Waals surface area contributed by atoms with Crippen molar-refractivity contribution >= 4 is 0 Å². The summed E-state index contributed by atoms with van der Waals surface area (Å²) in [6, 6.07) is 9.70. The van der Waals surface area contributed by atoms with E-state index < -0.39 is 12.2 Å². The maximum absolute atomic E-state index is 9.50. The average molecular weight is 222 g/mol. The van der Waals surface area contributed by atoms with Crippen LogP contribution in [-0.4, -0.2) is 29.0 Å². The minimum Gasteiger partial charge on any atom is -0.390 e. The lowest BCUT2D eigenvalue weighted by molar-refractivity contribution is -0.0406. The first-order valence-corrected chi connectivity index (χ1v) is 5.32. The molecule has 88 valence electrons. The molecule has 0 aliphatic rings. The average Bonchev–Trinajstić information content (AvgIpc) is 2.30. The minimum absolute atomic E-state index is 0.129. The molecule has 2 unspecified atom stereocenters. The molecule has 1 aromatic carbocycles. The van der Waals surface area contributed by atoms with Crippen molar-refractivity contribution in [2.45, 2.75) is 25.2 Å². The van der Waals surface area contributed by atoms with Gasteiger partial charge in [0.25, 0.3) is 0 Å². The topological polar surface area (TPSA) is 49.7 Å². The molecular weight excluding hydrogens is 204 g/mol. The highest BCUT2D eigenvalue weighted by atomic mass is 16.5. The van der Waals surface area contributed by atoms with Gasteiger partial charge in [0.1, 0.15) is 6.10 Å². The summed E-state index contributed by atoms with van der Waals surface area (Å²) >= 11 is 0. The molecule has 0 amide bonds. The molecule has 1 rings (SSSR count). The van der Waals surface area contributed by atoms with Crippen molar-refractivity contribution in [3.63, 3.8) is 0 Å². The number of rotatable bonds is 7. The number of aliphatic hydroxyl groups is 2. The fourth-order valence-electron chi connectivity index (χ4n) is 1.31. The molecule has 3 nitrogen and oxygen atoms in total. The second-order valence-corrected chi connectivity index (χ2v) is 3.66. The van der Waals surface area contributed by atoms with Gasteiger partial charge in [-0.15, -0.1) is 6.58 Å². The van der Waals surface area contributed by atoms with E-state index in [2.05, 4.69) is 6.58 Å². The molecule has 0 radical (unpaired) electrons. The standard InChI is InChI=1S/C13H18O3/c1-2-6-12(14)13(15)10-16-9-11-7-4-3-5-8-11/h2-5,7-8,12-15H,1,6,9-10H2. The lowest BCUT2D eigenvalue weighted by atomic mass is 10.1. The van der Waals surface area contributed by atoms with Gasteiger partial charge < -0.3 is 14.9 Å². The monoisotopic (exact) mass is 222 g/mol. The van der Waals surface area contributed by atoms with Crippen molar-refractivity contribution in [1.82, 2.24) is 0 Å². The Morgan fingerprint density at radius 2 is 1.88 bits per heavy atom. The van der Waals surface area contributed by atoms with Crippen LogP contribution in [0.25, 0.3) is 0 Å². The summed E-state index contributed by atoms with van der Waals surface area (Å²) in [4.78, 5) is 0. The van der Waals surface area contributed by atoms with E-state index in [1.54, 1.807) is 6.08 Å². The van der Waals surface area contributed by atoms with Crippen LogP contribution in [0, 0.1) is 0 Å². The molecule has 1 aromatic rings. The molecule has 2 atom stereocenters. The van der Waals surface area contributed by atoms with Gasteiger partial charge in [-0.25, -0.2) is 0 Å². The first kappa shape index (κ1) is 12.9. The Morgan fingerprint density at radius 1 is 1.19 bits per heavy atom. The summed E-state index contributed by atoms with van der Waals surface area (Å²) < 4.78 is 5.30. The van der Waals surface area contributed by atoms with Crippen LogP contribution in [-0.2, 0) is 11.3 Å². The lowest BCUT2D eigenvalue weighted by Crippen LogP contribution is -2.29. The smallest absolute Gasteiger partial charge is 0.103 e. The Balaban J connectivity index is 2.22. The second-order valence-electron chi connectivity index (χ2n) is 3.66. The van der Waals surface area contributed by atoms with Gasteiger partial charge in [-0.05, 0) is 12.0 Å². The van der Waals surface area contributed by atoms with Crippen LogP contribution in [0.1, 0.15) is 12.0 Å². The Kier molecular flexibility index (Phi) is 5.78. The molecule has 0 aliphatic carbocycles. The molecular formula is C13H18O3. The molecule has 16 heavy (non-hydrogen) atoms. The predicted molar refractivity (Wildman–Crippen MR) is 62.9 cm³/mol. The quantitative estimate of drug-likeness (QED) is 0.687. The molecule has 0 saturated carbocycles. The maximum atomic E-state index is 9.50. The van der Waals surface area contributed by atoms with E-state index in [9.17, 15) is 10.2 Å². The van der Waals surface area contributed by atoms with Crippen molar-refractivity contribution in [3.8, 4) is 0 Å². The molecule has 0 saturated heterocycles. The third-order valence-corrected chi connectivity index (χ3v) is 2.25. The van der Waals surface area contributed by atoms with Gasteiger partial charge in [-0.2, -0.15) is 0 Å². The fourth-order valence-corrected chi connectivity index (χ4v) is 1.31. The van der Waals surface area contributed by atoms with Crippen LogP contribution in [0.4, 0.5) is 0 Å². The molecule has 3 heteroatoms. The van der Waals surface area contributed by atoms with E-state index in [0.717, 1.165) is 5.56 Å². The Labute approximate surface area is 96.0 Å². The van der Waals surface area contributed by atoms with Crippen LogP contribution >= 0.6 is 0 Å². The van der Waals surface area contributed by atoms with Gasteiger partial charge in [-0.1, -0.05) is 36.4 Å². The largest absolute Gasteiger partial charge is 0.390 e. The Morgan fingerprint density at radius 3 is 2.50 bits per heavy atom. The van der Waals surface area contributed by atoms with Crippen molar-refractivity contribution < 1.29 is 14.9 Å². The molecule has 2 N–H and O–H groups in total. The summed E-state index contributed by atoms with van der Waals surface area (Å²) in [5.41, 5.74) is 1.05. The highest BCUT2D eigenvalue weighted by Gasteiger charge is 2.14. The van der Waals surface area contributed by atoms with E-state index in [0.29, 0.717) is 13.0 Å². The SMILES string of the molecule is C=CCC(O)C(O)COCc1ccccc1. The molecule has 0 bridgehead atoms. The van der Waals surface area contributed by atoms with E-state index in [1.807, 2.05) is 30.3 Å². The van der Waals surface area contributed by atoms with E-state index in [1.165, 1.54) is 0 Å². The molecule has 0 heterocycles. The van der Waals surface area contributed by atoms with Gasteiger partial charge in [0.2, 0.25) is 0 Å². The first-order chi connectivity index (χ1) is 7.74. The number of benzene rings is 1. The highest BCUT2D eigenvalue weighted by Crippen LogP contribution is 2.04. The minimum atomic E-state index is -0.860. The number of hydrogen-bond acceptors (Lipinski definition) is 3. The van der Waals surface area contributed by atoms with Crippen LogP contribution in [0.3, 0.4) is 0 Å². The van der Waals surface area contributed by atoms with Crippen LogP contribution in [0.2, 0.25) is 0 Å². The summed E-state index contributed by atoms with van der Waals surface area (Å²) in [6.07, 6.45) is 0.288. The Hall–Kier alpha value is -1.16. The summed E-state index contributed by atoms with van der Waals surface area (Å²) in [6.45, 7) is 4.07. The zero-order valence-electron chi connectivity index (χ0n) is 9.25. The molecule has 0 aromatic heterocycles. The van der Waals surface area contributed by atoms with Gasteiger partial charge in [0.15, 0.2) is 0 Å². The van der Waals surface area contributed by atoms with Crippen molar-refractivity contribution in [2.24, 2.45) is 0 Å². The third kappa shape index (κ3) is 4.57. The van der Waals surface area contributed by atoms with E-state index >= 15 is 0 Å². The molecule has 0 aliphatic heterocycles. The summed E-state index contributed by atoms with van der Waals surface area (Å²) in [7, 11) is 0. The third-order valence-electron chi connectivity index (χ3n) is 2.25.